The number of aromatic nitrogens is 4. The van der Waals surface area contributed by atoms with Gasteiger partial charge in [0.25, 0.3) is 0 Å². The third-order valence-corrected chi connectivity index (χ3v) is 4.30. The number of anilines is 2. The van der Waals surface area contributed by atoms with Gasteiger partial charge in [-0.2, -0.15) is 10.1 Å². The van der Waals surface area contributed by atoms with Crippen LogP contribution in [-0.2, 0) is 20.0 Å². The minimum absolute atomic E-state index is 0.413. The number of nitrogen functional groups attached to an aromatic ring is 1. The molecule has 0 bridgehead atoms. The smallest absolute Gasteiger partial charge is 0.240 e. The number of nitrogens with zero attached hydrogens (tertiary/aromatic N) is 4. The van der Waals surface area contributed by atoms with E-state index in [9.17, 15) is 0 Å². The van der Waals surface area contributed by atoms with Gasteiger partial charge in [0.15, 0.2) is 0 Å². The first-order valence-corrected chi connectivity index (χ1v) is 7.50. The van der Waals surface area contributed by atoms with E-state index in [0.29, 0.717) is 12.5 Å². The van der Waals surface area contributed by atoms with Gasteiger partial charge >= 0.3 is 0 Å². The molecule has 0 aromatic carbocycles. The molecule has 0 aliphatic heterocycles. The Kier molecular flexibility index (Phi) is 3.72. The summed E-state index contributed by atoms with van der Waals surface area (Å²) in [6.07, 6.45) is 2.89. The Labute approximate surface area is 126 Å². The van der Waals surface area contributed by atoms with Gasteiger partial charge in [0, 0.05) is 18.1 Å². The van der Waals surface area contributed by atoms with Crippen LogP contribution in [0.3, 0.4) is 0 Å². The van der Waals surface area contributed by atoms with Crippen LogP contribution in [0.1, 0.15) is 17.5 Å². The number of nitrogens with two attached hydrogens (primary N) is 1. The molecule has 8 heteroatoms. The van der Waals surface area contributed by atoms with Gasteiger partial charge in [0.1, 0.15) is 10.6 Å². The number of thiophene rings is 1. The van der Waals surface area contributed by atoms with E-state index < -0.39 is 0 Å². The van der Waals surface area contributed by atoms with Gasteiger partial charge in [-0.1, -0.05) is 6.92 Å². The zero-order valence-electron chi connectivity index (χ0n) is 11.9. The highest BCUT2D eigenvalue weighted by atomic mass is 32.1. The molecule has 0 saturated carbocycles. The monoisotopic (exact) mass is 303 g/mol. The number of hydrogen-bond acceptors (Lipinski definition) is 7. The number of fused-ring (bicyclic) bond motifs is 1. The molecule has 0 unspecified atom stereocenters. The number of aryl methyl sites for hydroxylation is 2. The summed E-state index contributed by atoms with van der Waals surface area (Å²) in [6.45, 7) is 2.73. The lowest BCUT2D eigenvalue weighted by Crippen LogP contribution is -2.12. The number of nitrogens with one attached hydrogen (secondary N) is 2. The van der Waals surface area contributed by atoms with Crippen molar-refractivity contribution < 1.29 is 0 Å². The fourth-order valence-electron chi connectivity index (χ4n) is 2.08. The van der Waals surface area contributed by atoms with E-state index in [1.165, 1.54) is 4.88 Å². The van der Waals surface area contributed by atoms with E-state index in [-0.39, 0.29) is 0 Å². The van der Waals surface area contributed by atoms with Gasteiger partial charge in [0.2, 0.25) is 5.95 Å². The summed E-state index contributed by atoms with van der Waals surface area (Å²) in [4.78, 5) is 11.0. The molecule has 21 heavy (non-hydrogen) atoms. The maximum Gasteiger partial charge on any atom is 0.240 e. The maximum atomic E-state index is 5.45. The first-order valence-electron chi connectivity index (χ1n) is 6.69. The highest BCUT2D eigenvalue weighted by molar-refractivity contribution is 7.18. The molecule has 0 aliphatic carbocycles. The van der Waals surface area contributed by atoms with Crippen LogP contribution in [0.5, 0.6) is 0 Å². The summed E-state index contributed by atoms with van der Waals surface area (Å²) in [5.41, 5.74) is 3.47. The molecule has 3 heterocycles. The van der Waals surface area contributed by atoms with Crippen LogP contribution in [0, 0.1) is 0 Å². The van der Waals surface area contributed by atoms with Crippen LogP contribution in [0.4, 0.5) is 11.8 Å². The topological polar surface area (TPSA) is 93.7 Å². The molecule has 3 rings (SSSR count). The second-order valence-corrected chi connectivity index (χ2v) is 5.77. The maximum absolute atomic E-state index is 5.45. The lowest BCUT2D eigenvalue weighted by Gasteiger charge is -2.07. The Bertz CT molecular complexity index is 761. The van der Waals surface area contributed by atoms with Crippen molar-refractivity contribution in [3.63, 3.8) is 0 Å². The summed E-state index contributed by atoms with van der Waals surface area (Å²) in [5.74, 6) is 6.63. The largest absolute Gasteiger partial charge is 0.364 e. The summed E-state index contributed by atoms with van der Waals surface area (Å²) < 4.78 is 1.78. The number of hydrazine groups is 1. The summed E-state index contributed by atoms with van der Waals surface area (Å²) >= 11 is 1.66. The van der Waals surface area contributed by atoms with Crippen LogP contribution >= 0.6 is 11.3 Å². The molecule has 0 radical (unpaired) electrons. The third kappa shape index (κ3) is 2.81. The van der Waals surface area contributed by atoms with E-state index in [1.54, 1.807) is 16.0 Å². The van der Waals surface area contributed by atoms with Gasteiger partial charge < -0.3 is 5.32 Å². The van der Waals surface area contributed by atoms with Crippen LogP contribution in [0.25, 0.3) is 10.2 Å². The van der Waals surface area contributed by atoms with Crippen molar-refractivity contribution in [2.75, 3.05) is 10.7 Å². The normalized spacial score (nSPS) is 11.0. The Morgan fingerprint density at radius 3 is 2.90 bits per heavy atom. The molecular weight excluding hydrogens is 286 g/mol. The SMILES string of the molecule is CCc1cc2c(NCc3ccn(C)n3)nc(NN)nc2s1. The van der Waals surface area contributed by atoms with Crippen molar-refractivity contribution in [1.29, 1.82) is 0 Å². The molecule has 0 aliphatic rings. The standard InChI is InChI=1S/C13H17N7S/c1-3-9-6-10-11(15-7-8-4-5-20(2)19-8)16-13(18-14)17-12(10)21-9/h4-6H,3,7,14H2,1-2H3,(H2,15,16,17,18). The van der Waals surface area contributed by atoms with Gasteiger partial charge in [-0.05, 0) is 18.6 Å². The molecule has 4 N–H and O–H groups in total. The molecule has 0 saturated heterocycles. The van der Waals surface area contributed by atoms with Crippen molar-refractivity contribution in [3.8, 4) is 0 Å². The van der Waals surface area contributed by atoms with Crippen LogP contribution in [0.15, 0.2) is 18.3 Å². The highest BCUT2D eigenvalue weighted by Gasteiger charge is 2.11. The zero-order valence-corrected chi connectivity index (χ0v) is 12.7. The molecule has 0 amide bonds. The molecule has 110 valence electrons. The van der Waals surface area contributed by atoms with Gasteiger partial charge in [-0.3, -0.25) is 10.1 Å². The quantitative estimate of drug-likeness (QED) is 0.492. The third-order valence-electron chi connectivity index (χ3n) is 3.13. The summed E-state index contributed by atoms with van der Waals surface area (Å²) in [5, 5.41) is 8.68. The second-order valence-electron chi connectivity index (χ2n) is 4.66. The van der Waals surface area contributed by atoms with Crippen molar-refractivity contribution in [2.45, 2.75) is 19.9 Å². The first-order chi connectivity index (χ1) is 10.2. The van der Waals surface area contributed by atoms with Crippen LogP contribution in [-0.4, -0.2) is 19.7 Å². The molecular formula is C13H17N7S. The molecule has 0 fully saturated rings. The van der Waals surface area contributed by atoms with Gasteiger partial charge in [-0.25, -0.2) is 10.8 Å². The molecule has 0 atom stereocenters. The molecule has 3 aromatic heterocycles. The Morgan fingerprint density at radius 2 is 2.24 bits per heavy atom. The van der Waals surface area contributed by atoms with E-state index >= 15 is 0 Å². The van der Waals surface area contributed by atoms with Crippen molar-refractivity contribution in [2.24, 2.45) is 12.9 Å². The van der Waals surface area contributed by atoms with E-state index in [1.807, 2.05) is 19.3 Å². The first kappa shape index (κ1) is 13.8. The number of hydrogen-bond donors (Lipinski definition) is 3. The fraction of sp³-hybridized carbons (Fsp3) is 0.308. The molecule has 0 spiro atoms. The number of rotatable bonds is 5. The van der Waals surface area contributed by atoms with Crippen LogP contribution < -0.4 is 16.6 Å². The fourth-order valence-corrected chi connectivity index (χ4v) is 3.04. The highest BCUT2D eigenvalue weighted by Crippen LogP contribution is 2.30. The predicted octanol–water partition coefficient (Wildman–Crippen LogP) is 1.88. The minimum atomic E-state index is 0.413. The van der Waals surface area contributed by atoms with Gasteiger partial charge in [0.05, 0.1) is 17.6 Å². The Hall–Kier alpha value is -2.19. The van der Waals surface area contributed by atoms with Crippen molar-refractivity contribution in [3.05, 3.63) is 28.9 Å². The second kappa shape index (κ2) is 5.66. The average Bonchev–Trinajstić information content (AvgIpc) is 3.10. The predicted molar refractivity (Wildman–Crippen MR) is 85.1 cm³/mol. The van der Waals surface area contributed by atoms with E-state index in [4.69, 9.17) is 5.84 Å². The average molecular weight is 303 g/mol. The lowest BCUT2D eigenvalue weighted by atomic mass is 10.3. The Balaban J connectivity index is 1.93. The van der Waals surface area contributed by atoms with E-state index in [2.05, 4.69) is 38.8 Å². The van der Waals surface area contributed by atoms with Crippen molar-refractivity contribution in [1.82, 2.24) is 19.7 Å². The molecule has 3 aromatic rings. The summed E-state index contributed by atoms with van der Waals surface area (Å²) in [6, 6.07) is 4.10. The summed E-state index contributed by atoms with van der Waals surface area (Å²) in [7, 11) is 1.90. The minimum Gasteiger partial charge on any atom is -0.364 e. The van der Waals surface area contributed by atoms with E-state index in [0.717, 1.165) is 28.1 Å². The zero-order chi connectivity index (χ0) is 14.8. The molecule has 7 nitrogen and oxygen atoms in total. The van der Waals surface area contributed by atoms with Crippen molar-refractivity contribution >= 4 is 33.3 Å². The lowest BCUT2D eigenvalue weighted by molar-refractivity contribution is 0.747. The van der Waals surface area contributed by atoms with Crippen LogP contribution in [0.2, 0.25) is 0 Å². The Morgan fingerprint density at radius 1 is 1.38 bits per heavy atom. The van der Waals surface area contributed by atoms with Gasteiger partial charge in [-0.15, -0.1) is 11.3 Å².